The molecule has 1 amide bonds. The van der Waals surface area contributed by atoms with E-state index in [2.05, 4.69) is 12.1 Å². The highest BCUT2D eigenvalue weighted by molar-refractivity contribution is 5.88. The minimum atomic E-state index is -0.968. The van der Waals surface area contributed by atoms with E-state index in [9.17, 15) is 9.59 Å². The predicted octanol–water partition coefficient (Wildman–Crippen LogP) is 2.94. The molecule has 1 unspecified atom stereocenters. The molecule has 0 bridgehead atoms. The Morgan fingerprint density at radius 3 is 2.61 bits per heavy atom. The Hall–Kier alpha value is -2.62. The summed E-state index contributed by atoms with van der Waals surface area (Å²) in [5.74, 6) is -0.513. The summed E-state index contributed by atoms with van der Waals surface area (Å²) in [6.45, 7) is 1.50. The molecule has 1 aliphatic rings. The standard InChI is InChI=1S/C19H19NO3/c21-18(12-14-5-4-8-16(11-14)19(22)23)20-10-9-17(13-20)15-6-2-1-3-7-15/h1-8,11,17H,9-10,12-13H2,(H,22,23). The van der Waals surface area contributed by atoms with E-state index in [-0.39, 0.29) is 17.9 Å². The number of carbonyl (C=O) groups is 2. The van der Waals surface area contributed by atoms with Gasteiger partial charge in [0.2, 0.25) is 5.91 Å². The molecule has 4 nitrogen and oxygen atoms in total. The lowest BCUT2D eigenvalue weighted by atomic mass is 9.99. The van der Waals surface area contributed by atoms with Crippen molar-refractivity contribution in [3.05, 3.63) is 71.3 Å². The Balaban J connectivity index is 1.63. The Bertz CT molecular complexity index is 712. The highest BCUT2D eigenvalue weighted by Gasteiger charge is 2.27. The minimum Gasteiger partial charge on any atom is -0.478 e. The van der Waals surface area contributed by atoms with E-state index in [1.807, 2.05) is 23.1 Å². The van der Waals surface area contributed by atoms with E-state index in [1.165, 1.54) is 11.6 Å². The number of nitrogens with zero attached hydrogens (tertiary/aromatic N) is 1. The van der Waals surface area contributed by atoms with Gasteiger partial charge in [-0.15, -0.1) is 0 Å². The van der Waals surface area contributed by atoms with E-state index in [1.54, 1.807) is 18.2 Å². The molecular formula is C19H19NO3. The maximum atomic E-state index is 12.5. The van der Waals surface area contributed by atoms with Gasteiger partial charge in [0.05, 0.1) is 12.0 Å². The van der Waals surface area contributed by atoms with Crippen LogP contribution in [-0.2, 0) is 11.2 Å². The van der Waals surface area contributed by atoms with Crippen LogP contribution in [-0.4, -0.2) is 35.0 Å². The predicted molar refractivity (Wildman–Crippen MR) is 87.5 cm³/mol. The van der Waals surface area contributed by atoms with Crippen molar-refractivity contribution in [1.29, 1.82) is 0 Å². The number of hydrogen-bond acceptors (Lipinski definition) is 2. The van der Waals surface area contributed by atoms with Crippen LogP contribution >= 0.6 is 0 Å². The van der Waals surface area contributed by atoms with Gasteiger partial charge in [-0.05, 0) is 29.7 Å². The van der Waals surface area contributed by atoms with Gasteiger partial charge >= 0.3 is 5.97 Å². The van der Waals surface area contributed by atoms with Crippen molar-refractivity contribution in [3.63, 3.8) is 0 Å². The fraction of sp³-hybridized carbons (Fsp3) is 0.263. The number of carboxylic acids is 1. The maximum absolute atomic E-state index is 12.5. The molecule has 1 fully saturated rings. The lowest BCUT2D eigenvalue weighted by Gasteiger charge is -2.17. The SMILES string of the molecule is O=C(O)c1cccc(CC(=O)N2CCC(c3ccccc3)C2)c1. The molecule has 0 aromatic heterocycles. The van der Waals surface area contributed by atoms with Gasteiger partial charge < -0.3 is 10.0 Å². The monoisotopic (exact) mass is 309 g/mol. The number of hydrogen-bond donors (Lipinski definition) is 1. The molecule has 0 spiro atoms. The maximum Gasteiger partial charge on any atom is 0.335 e. The molecule has 3 rings (SSSR count). The van der Waals surface area contributed by atoms with Gasteiger partial charge in [-0.3, -0.25) is 4.79 Å². The van der Waals surface area contributed by atoms with Crippen LogP contribution in [0.5, 0.6) is 0 Å². The molecule has 1 heterocycles. The second-order valence-corrected chi connectivity index (χ2v) is 5.92. The Labute approximate surface area is 135 Å². The zero-order chi connectivity index (χ0) is 16.2. The molecule has 0 aliphatic carbocycles. The van der Waals surface area contributed by atoms with Gasteiger partial charge in [-0.1, -0.05) is 42.5 Å². The molecule has 118 valence electrons. The van der Waals surface area contributed by atoms with E-state index in [0.29, 0.717) is 5.92 Å². The second-order valence-electron chi connectivity index (χ2n) is 5.92. The van der Waals surface area contributed by atoms with Crippen LogP contribution in [0.25, 0.3) is 0 Å². The first-order chi connectivity index (χ1) is 11.1. The Morgan fingerprint density at radius 1 is 1.09 bits per heavy atom. The normalized spacial score (nSPS) is 17.2. The van der Waals surface area contributed by atoms with E-state index in [0.717, 1.165) is 25.1 Å². The summed E-state index contributed by atoms with van der Waals surface area (Å²) in [6, 6.07) is 16.9. The summed E-state index contributed by atoms with van der Waals surface area (Å²) in [4.78, 5) is 25.3. The number of aromatic carboxylic acids is 1. The fourth-order valence-corrected chi connectivity index (χ4v) is 3.08. The highest BCUT2D eigenvalue weighted by atomic mass is 16.4. The van der Waals surface area contributed by atoms with Crippen LogP contribution in [0.2, 0.25) is 0 Å². The van der Waals surface area contributed by atoms with Crippen molar-refractivity contribution in [2.24, 2.45) is 0 Å². The Morgan fingerprint density at radius 2 is 1.87 bits per heavy atom. The summed E-state index contributed by atoms with van der Waals surface area (Å²) in [6.07, 6.45) is 1.23. The minimum absolute atomic E-state index is 0.0611. The smallest absolute Gasteiger partial charge is 0.335 e. The van der Waals surface area contributed by atoms with Gasteiger partial charge in [-0.25, -0.2) is 4.79 Å². The molecule has 1 atom stereocenters. The quantitative estimate of drug-likeness (QED) is 0.944. The Kier molecular flexibility index (Phi) is 4.42. The van der Waals surface area contributed by atoms with Gasteiger partial charge in [-0.2, -0.15) is 0 Å². The fourth-order valence-electron chi connectivity index (χ4n) is 3.08. The summed E-state index contributed by atoms with van der Waals surface area (Å²) in [5, 5.41) is 9.02. The number of amides is 1. The molecule has 1 aliphatic heterocycles. The van der Waals surface area contributed by atoms with E-state index < -0.39 is 5.97 Å². The third-order valence-corrected chi connectivity index (χ3v) is 4.34. The van der Waals surface area contributed by atoms with Crippen LogP contribution in [0.3, 0.4) is 0 Å². The van der Waals surface area contributed by atoms with Gasteiger partial charge in [0.15, 0.2) is 0 Å². The van der Waals surface area contributed by atoms with Crippen LogP contribution in [0.4, 0.5) is 0 Å². The number of likely N-dealkylation sites (tertiary alicyclic amines) is 1. The molecule has 1 saturated heterocycles. The average molecular weight is 309 g/mol. The topological polar surface area (TPSA) is 57.6 Å². The zero-order valence-electron chi connectivity index (χ0n) is 12.8. The summed E-state index contributed by atoms with van der Waals surface area (Å²) >= 11 is 0. The lowest BCUT2D eigenvalue weighted by molar-refractivity contribution is -0.129. The molecule has 2 aromatic rings. The third-order valence-electron chi connectivity index (χ3n) is 4.34. The molecule has 1 N–H and O–H groups in total. The number of carbonyl (C=O) groups excluding carboxylic acids is 1. The lowest BCUT2D eigenvalue weighted by Crippen LogP contribution is -2.29. The molecular weight excluding hydrogens is 290 g/mol. The van der Waals surface area contributed by atoms with Crippen LogP contribution in [0.15, 0.2) is 54.6 Å². The van der Waals surface area contributed by atoms with Crippen LogP contribution in [0.1, 0.15) is 33.8 Å². The summed E-state index contributed by atoms with van der Waals surface area (Å²) in [5.41, 5.74) is 2.24. The van der Waals surface area contributed by atoms with Gasteiger partial charge in [0.25, 0.3) is 0 Å². The third kappa shape index (κ3) is 3.59. The molecule has 0 radical (unpaired) electrons. The first kappa shape index (κ1) is 15.3. The number of benzene rings is 2. The number of carboxylic acid groups (broad SMARTS) is 1. The van der Waals surface area contributed by atoms with Gasteiger partial charge in [0, 0.05) is 19.0 Å². The van der Waals surface area contributed by atoms with Crippen LogP contribution < -0.4 is 0 Å². The highest BCUT2D eigenvalue weighted by Crippen LogP contribution is 2.27. The first-order valence-electron chi connectivity index (χ1n) is 7.78. The summed E-state index contributed by atoms with van der Waals surface area (Å²) < 4.78 is 0. The largest absolute Gasteiger partial charge is 0.478 e. The van der Waals surface area contributed by atoms with Crippen molar-refractivity contribution >= 4 is 11.9 Å². The number of rotatable bonds is 4. The van der Waals surface area contributed by atoms with E-state index in [4.69, 9.17) is 5.11 Å². The molecule has 4 heteroatoms. The second kappa shape index (κ2) is 6.65. The average Bonchev–Trinajstić information content (AvgIpc) is 3.06. The molecule has 0 saturated carbocycles. The van der Waals surface area contributed by atoms with Crippen molar-refractivity contribution in [2.45, 2.75) is 18.8 Å². The zero-order valence-corrected chi connectivity index (χ0v) is 12.8. The first-order valence-corrected chi connectivity index (χ1v) is 7.78. The summed E-state index contributed by atoms with van der Waals surface area (Å²) in [7, 11) is 0. The van der Waals surface area contributed by atoms with Crippen LogP contribution in [0, 0.1) is 0 Å². The molecule has 23 heavy (non-hydrogen) atoms. The van der Waals surface area contributed by atoms with Crippen molar-refractivity contribution in [1.82, 2.24) is 4.90 Å². The van der Waals surface area contributed by atoms with Crippen molar-refractivity contribution in [3.8, 4) is 0 Å². The van der Waals surface area contributed by atoms with Gasteiger partial charge in [0.1, 0.15) is 0 Å². The van der Waals surface area contributed by atoms with Crippen molar-refractivity contribution in [2.75, 3.05) is 13.1 Å². The van der Waals surface area contributed by atoms with Crippen molar-refractivity contribution < 1.29 is 14.7 Å². The van der Waals surface area contributed by atoms with E-state index >= 15 is 0 Å². The molecule has 2 aromatic carbocycles.